The summed E-state index contributed by atoms with van der Waals surface area (Å²) >= 11 is 0. The van der Waals surface area contributed by atoms with Gasteiger partial charge in [-0.2, -0.15) is 13.2 Å². The van der Waals surface area contributed by atoms with Crippen LogP contribution in [0.2, 0.25) is 0 Å². The van der Waals surface area contributed by atoms with Crippen molar-refractivity contribution in [3.8, 4) is 0 Å². The number of hydrogen-bond donors (Lipinski definition) is 8. The minimum atomic E-state index is -5.08. The molecule has 0 aliphatic carbocycles. The number of unbranched alkanes of at least 4 members (excludes halogenated alkanes) is 7. The third-order valence-corrected chi connectivity index (χ3v) is 8.07. The zero-order valence-electron chi connectivity index (χ0n) is 34.2. The molecule has 0 saturated heterocycles. The molecule has 0 rings (SSSR count). The van der Waals surface area contributed by atoms with Crippen molar-refractivity contribution in [3.05, 3.63) is 0 Å². The number of methoxy groups -OCH3 is 1. The van der Waals surface area contributed by atoms with Gasteiger partial charge in [0.15, 0.2) is 0 Å². The van der Waals surface area contributed by atoms with Crippen LogP contribution in [-0.4, -0.2) is 138 Å². The van der Waals surface area contributed by atoms with E-state index in [9.17, 15) is 37.1 Å². The summed E-state index contributed by atoms with van der Waals surface area (Å²) in [4.78, 5) is 70.0. The molecule has 0 aliphatic rings. The lowest BCUT2D eigenvalue weighted by atomic mass is 10.0. The molecule has 58 heavy (non-hydrogen) atoms. The van der Waals surface area contributed by atoms with Gasteiger partial charge < -0.3 is 62.5 Å². The van der Waals surface area contributed by atoms with Crippen LogP contribution in [0.3, 0.4) is 0 Å². The van der Waals surface area contributed by atoms with Crippen LogP contribution in [0.4, 0.5) is 13.2 Å². The Morgan fingerprint density at radius 3 is 1.16 bits per heavy atom. The summed E-state index contributed by atoms with van der Waals surface area (Å²) in [7, 11) is 1.40. The van der Waals surface area contributed by atoms with Gasteiger partial charge in [0, 0.05) is 51.7 Å². The Hall–Kier alpha value is -3.63. The molecule has 21 heteroatoms. The lowest BCUT2D eigenvalue weighted by Crippen LogP contribution is -2.58. The van der Waals surface area contributed by atoms with Crippen LogP contribution in [0.25, 0.3) is 0 Å². The molecule has 0 saturated carbocycles. The number of carboxylic acid groups (broad SMARTS) is 1. The summed E-state index contributed by atoms with van der Waals surface area (Å²) < 4.78 is 54.1. The second-order valence-corrected chi connectivity index (χ2v) is 13.4. The largest absolute Gasteiger partial charge is 0.490 e. The first-order valence-electron chi connectivity index (χ1n) is 20.0. The van der Waals surface area contributed by atoms with Gasteiger partial charge in [0.05, 0.1) is 46.8 Å². The minimum absolute atomic E-state index is 0.0177. The number of carbonyl (C=O) groups is 6. The molecule has 0 fully saturated rings. The summed E-state index contributed by atoms with van der Waals surface area (Å²) in [6.07, 6.45) is 5.62. The molecule has 0 spiro atoms. The standard InChI is InChI=1S/C35H69N7O9.C2HF3O2/c1-48-34(47)14-9-7-5-3-2-4-6-8-13-33(46)42-35(27-49-24-15-30(43)39-21-10-18-36,28-50-25-16-31(44)40-22-11-19-37)29-51-26-17-32(45)41-23-12-20-38;3-2(4,5)1(6)7/h2-29,36-38H2,1H3,(H,39,43)(H,40,44)(H,41,45)(H,42,46);(H,6,7). The van der Waals surface area contributed by atoms with Gasteiger partial charge in [-0.05, 0) is 51.7 Å². The van der Waals surface area contributed by atoms with Crippen LogP contribution < -0.4 is 38.5 Å². The van der Waals surface area contributed by atoms with Crippen LogP contribution in [0.15, 0.2) is 0 Å². The average Bonchev–Trinajstić information content (AvgIpc) is 3.17. The zero-order chi connectivity index (χ0) is 43.9. The number of amides is 4. The summed E-state index contributed by atoms with van der Waals surface area (Å²) in [5, 5.41) is 18.5. The van der Waals surface area contributed by atoms with Crippen molar-refractivity contribution in [1.82, 2.24) is 21.3 Å². The number of carboxylic acids is 1. The van der Waals surface area contributed by atoms with Crippen molar-refractivity contribution < 1.29 is 66.0 Å². The van der Waals surface area contributed by atoms with E-state index in [1.54, 1.807) is 0 Å². The molecule has 0 aromatic carbocycles. The maximum absolute atomic E-state index is 13.3. The molecular formula is C37H70F3N7O11. The van der Waals surface area contributed by atoms with Crippen LogP contribution >= 0.6 is 0 Å². The van der Waals surface area contributed by atoms with E-state index in [1.165, 1.54) is 7.11 Å². The van der Waals surface area contributed by atoms with E-state index in [0.717, 1.165) is 44.9 Å². The number of ether oxygens (including phenoxy) is 4. The molecule has 0 aromatic heterocycles. The van der Waals surface area contributed by atoms with Crippen molar-refractivity contribution >= 4 is 35.6 Å². The SMILES string of the molecule is COC(=O)CCCCCCCCCCC(=O)NC(COCCC(=O)NCCCN)(COCCC(=O)NCCCN)COCCC(=O)NCCCN.O=C(O)C(F)(F)F. The summed E-state index contributed by atoms with van der Waals surface area (Å²) in [6.45, 7) is 3.11. The van der Waals surface area contributed by atoms with Crippen molar-refractivity contribution in [2.45, 2.75) is 114 Å². The number of nitrogens with one attached hydrogen (secondary N) is 4. The topological polar surface area (TPSA) is 286 Å². The molecule has 0 bridgehead atoms. The van der Waals surface area contributed by atoms with Gasteiger partial charge in [0.25, 0.3) is 0 Å². The third kappa shape index (κ3) is 36.7. The average molecular weight is 846 g/mol. The van der Waals surface area contributed by atoms with Gasteiger partial charge in [-0.15, -0.1) is 0 Å². The number of halogens is 3. The second kappa shape index (κ2) is 37.6. The third-order valence-electron chi connectivity index (χ3n) is 8.07. The fourth-order valence-corrected chi connectivity index (χ4v) is 4.86. The quantitative estimate of drug-likeness (QED) is 0.0325. The molecule has 0 atom stereocenters. The minimum Gasteiger partial charge on any atom is -0.475 e. The number of hydrogen-bond acceptors (Lipinski definition) is 13. The van der Waals surface area contributed by atoms with Crippen LogP contribution in [-0.2, 0) is 47.7 Å². The molecule has 0 radical (unpaired) electrons. The van der Waals surface area contributed by atoms with E-state index in [2.05, 4.69) is 26.0 Å². The van der Waals surface area contributed by atoms with Crippen molar-refractivity contribution in [1.29, 1.82) is 0 Å². The van der Waals surface area contributed by atoms with Crippen LogP contribution in [0.1, 0.15) is 103 Å². The number of esters is 1. The fourth-order valence-electron chi connectivity index (χ4n) is 4.86. The second-order valence-electron chi connectivity index (χ2n) is 13.4. The summed E-state index contributed by atoms with van der Waals surface area (Å²) in [5.41, 5.74) is 15.4. The first-order chi connectivity index (χ1) is 27.7. The molecule has 0 heterocycles. The van der Waals surface area contributed by atoms with Gasteiger partial charge in [-0.25, -0.2) is 4.79 Å². The molecule has 18 nitrogen and oxygen atoms in total. The van der Waals surface area contributed by atoms with Gasteiger partial charge in [-0.3, -0.25) is 24.0 Å². The predicted molar refractivity (Wildman–Crippen MR) is 209 cm³/mol. The van der Waals surface area contributed by atoms with Gasteiger partial charge in [0.2, 0.25) is 23.6 Å². The molecule has 11 N–H and O–H groups in total. The van der Waals surface area contributed by atoms with E-state index >= 15 is 0 Å². The number of nitrogens with two attached hydrogens (primary N) is 3. The van der Waals surface area contributed by atoms with E-state index < -0.39 is 17.7 Å². The highest BCUT2D eigenvalue weighted by atomic mass is 19.4. The number of alkyl halides is 3. The predicted octanol–water partition coefficient (Wildman–Crippen LogP) is 1.16. The lowest BCUT2D eigenvalue weighted by molar-refractivity contribution is -0.192. The molecule has 4 amide bonds. The zero-order valence-corrected chi connectivity index (χ0v) is 34.2. The van der Waals surface area contributed by atoms with Crippen LogP contribution in [0, 0.1) is 0 Å². The molecule has 0 aromatic rings. The first-order valence-corrected chi connectivity index (χ1v) is 20.0. The van der Waals surface area contributed by atoms with Gasteiger partial charge in [0.1, 0.15) is 5.54 Å². The highest BCUT2D eigenvalue weighted by Crippen LogP contribution is 2.15. The highest BCUT2D eigenvalue weighted by molar-refractivity contribution is 5.77. The Morgan fingerprint density at radius 2 is 0.845 bits per heavy atom. The molecule has 0 unspecified atom stereocenters. The van der Waals surface area contributed by atoms with E-state index in [-0.39, 0.29) is 94.9 Å². The Kier molecular flexibility index (Phi) is 36.6. The Labute approximate surface area is 340 Å². The molecule has 340 valence electrons. The fraction of sp³-hybridized carbons (Fsp3) is 0.838. The van der Waals surface area contributed by atoms with Crippen molar-refractivity contribution in [2.75, 3.05) is 86.0 Å². The normalized spacial score (nSPS) is 11.2. The van der Waals surface area contributed by atoms with Gasteiger partial charge in [-0.1, -0.05) is 38.5 Å². The number of rotatable bonds is 36. The van der Waals surface area contributed by atoms with Gasteiger partial charge >= 0.3 is 18.1 Å². The number of aliphatic carboxylic acids is 1. The van der Waals surface area contributed by atoms with Crippen LogP contribution in [0.5, 0.6) is 0 Å². The smallest absolute Gasteiger partial charge is 0.475 e. The summed E-state index contributed by atoms with van der Waals surface area (Å²) in [5.74, 6) is -3.65. The molecule has 0 aliphatic heterocycles. The lowest BCUT2D eigenvalue weighted by Gasteiger charge is -2.34. The van der Waals surface area contributed by atoms with E-state index in [0.29, 0.717) is 71.4 Å². The maximum Gasteiger partial charge on any atom is 0.490 e. The molecular weight excluding hydrogens is 775 g/mol. The first kappa shape index (κ1) is 56.5. The maximum atomic E-state index is 13.3. The number of carbonyl (C=O) groups excluding carboxylic acids is 5. The Bertz CT molecular complexity index is 1050. The van der Waals surface area contributed by atoms with Crippen molar-refractivity contribution in [2.24, 2.45) is 17.2 Å². The Morgan fingerprint density at radius 1 is 0.517 bits per heavy atom. The van der Waals surface area contributed by atoms with E-state index in [4.69, 9.17) is 41.3 Å². The van der Waals surface area contributed by atoms with E-state index in [1.807, 2.05) is 0 Å². The Balaban J connectivity index is 0. The van der Waals surface area contributed by atoms with Crippen molar-refractivity contribution in [3.63, 3.8) is 0 Å². The monoisotopic (exact) mass is 846 g/mol. The summed E-state index contributed by atoms with van der Waals surface area (Å²) in [6, 6.07) is 0. The highest BCUT2D eigenvalue weighted by Gasteiger charge is 2.38.